The molecule has 0 aliphatic heterocycles. The van der Waals surface area contributed by atoms with Crippen LogP contribution in [-0.2, 0) is 27.8 Å². The monoisotopic (exact) mass is 519 g/mol. The largest absolute Gasteiger partial charge is 0.495 e. The lowest BCUT2D eigenvalue weighted by molar-refractivity contribution is -0.384. The molecule has 0 radical (unpaired) electrons. The minimum absolute atomic E-state index is 0.0320. The van der Waals surface area contributed by atoms with Gasteiger partial charge in [0.1, 0.15) is 10.6 Å². The predicted molar refractivity (Wildman–Crippen MR) is 128 cm³/mol. The zero-order chi connectivity index (χ0) is 26.5. The molecule has 3 aromatic carbocycles. The SMILES string of the molecule is COc1cc(CCC(=O)NCc2ccc(F)c(F)c2)ccc1S(=O)(=O)Nc1ccc([N+](=O)[O-])cc1C. The van der Waals surface area contributed by atoms with Gasteiger partial charge in [0.15, 0.2) is 11.6 Å². The van der Waals surface area contributed by atoms with E-state index < -0.39 is 26.6 Å². The predicted octanol–water partition coefficient (Wildman–Crippen LogP) is 4.24. The van der Waals surface area contributed by atoms with Gasteiger partial charge in [0, 0.05) is 25.1 Å². The van der Waals surface area contributed by atoms with Crippen LogP contribution in [0.25, 0.3) is 0 Å². The summed E-state index contributed by atoms with van der Waals surface area (Å²) in [6.07, 6.45) is 0.342. The molecule has 1 amide bonds. The minimum atomic E-state index is -4.09. The summed E-state index contributed by atoms with van der Waals surface area (Å²) < 4.78 is 59.8. The first-order valence-electron chi connectivity index (χ1n) is 10.7. The van der Waals surface area contributed by atoms with E-state index in [0.29, 0.717) is 16.7 Å². The fourth-order valence-electron chi connectivity index (χ4n) is 3.36. The van der Waals surface area contributed by atoms with E-state index in [4.69, 9.17) is 4.74 Å². The highest BCUT2D eigenvalue weighted by Crippen LogP contribution is 2.29. The standard InChI is InChI=1S/C24H23F2N3O6S/c1-15-11-18(29(31)32)6-8-21(15)28-36(33,34)23-9-4-16(13-22(23)35-2)5-10-24(30)27-14-17-3-7-19(25)20(26)12-17/h3-4,6-9,11-13,28H,5,10,14H2,1-2H3,(H,27,30). The van der Waals surface area contributed by atoms with Crippen molar-refractivity contribution in [2.24, 2.45) is 0 Å². The maximum Gasteiger partial charge on any atom is 0.269 e. The summed E-state index contributed by atoms with van der Waals surface area (Å²) in [7, 11) is -2.78. The third kappa shape index (κ3) is 6.54. The van der Waals surface area contributed by atoms with Crippen molar-refractivity contribution in [3.63, 3.8) is 0 Å². The number of nitrogens with zero attached hydrogens (tertiary/aromatic N) is 1. The quantitative estimate of drug-likeness (QED) is 0.305. The van der Waals surface area contributed by atoms with Gasteiger partial charge >= 0.3 is 0 Å². The smallest absolute Gasteiger partial charge is 0.269 e. The number of carbonyl (C=O) groups is 1. The Labute approximate surface area is 206 Å². The second kappa shape index (κ2) is 11.1. The van der Waals surface area contributed by atoms with Crippen LogP contribution in [0.4, 0.5) is 20.2 Å². The average Bonchev–Trinajstić information content (AvgIpc) is 2.84. The van der Waals surface area contributed by atoms with Crippen LogP contribution in [0.1, 0.15) is 23.1 Å². The van der Waals surface area contributed by atoms with Gasteiger partial charge in [-0.15, -0.1) is 0 Å². The second-order valence-electron chi connectivity index (χ2n) is 7.87. The molecule has 0 spiro atoms. The molecular weight excluding hydrogens is 496 g/mol. The minimum Gasteiger partial charge on any atom is -0.495 e. The molecule has 0 saturated carbocycles. The van der Waals surface area contributed by atoms with E-state index >= 15 is 0 Å². The maximum atomic E-state index is 13.3. The first kappa shape index (κ1) is 26.5. The summed E-state index contributed by atoms with van der Waals surface area (Å²) in [4.78, 5) is 22.4. The molecule has 2 N–H and O–H groups in total. The number of ether oxygens (including phenoxy) is 1. The fraction of sp³-hybridized carbons (Fsp3) is 0.208. The number of carbonyl (C=O) groups excluding carboxylic acids is 1. The second-order valence-corrected chi connectivity index (χ2v) is 9.52. The summed E-state index contributed by atoms with van der Waals surface area (Å²) in [6, 6.07) is 11.5. The van der Waals surface area contributed by atoms with Gasteiger partial charge in [-0.1, -0.05) is 12.1 Å². The lowest BCUT2D eigenvalue weighted by atomic mass is 10.1. The normalized spacial score (nSPS) is 11.1. The van der Waals surface area contributed by atoms with Crippen molar-refractivity contribution in [1.82, 2.24) is 5.32 Å². The highest BCUT2D eigenvalue weighted by Gasteiger charge is 2.22. The van der Waals surface area contributed by atoms with Crippen molar-refractivity contribution in [3.05, 3.63) is 93.0 Å². The van der Waals surface area contributed by atoms with Crippen LogP contribution < -0.4 is 14.8 Å². The Morgan fingerprint density at radius 3 is 2.39 bits per heavy atom. The van der Waals surface area contributed by atoms with Crippen LogP contribution >= 0.6 is 0 Å². The highest BCUT2D eigenvalue weighted by atomic mass is 32.2. The Morgan fingerprint density at radius 2 is 1.75 bits per heavy atom. The molecule has 0 saturated heterocycles. The molecule has 0 aliphatic rings. The topological polar surface area (TPSA) is 128 Å². The van der Waals surface area contributed by atoms with E-state index in [1.165, 1.54) is 43.5 Å². The Kier molecular flexibility index (Phi) is 8.20. The van der Waals surface area contributed by atoms with Gasteiger partial charge in [0.05, 0.1) is 17.7 Å². The Bertz CT molecular complexity index is 1410. The zero-order valence-electron chi connectivity index (χ0n) is 19.4. The lowest BCUT2D eigenvalue weighted by Gasteiger charge is -2.14. The molecule has 12 heteroatoms. The number of hydrogen-bond donors (Lipinski definition) is 2. The van der Waals surface area contributed by atoms with Gasteiger partial charge in [0.25, 0.3) is 15.7 Å². The fourth-order valence-corrected chi connectivity index (χ4v) is 4.64. The summed E-state index contributed by atoms with van der Waals surface area (Å²) in [5.74, 6) is -2.24. The number of nitro benzene ring substituents is 1. The number of halogens is 2. The number of sulfonamides is 1. The van der Waals surface area contributed by atoms with Gasteiger partial charge in [0.2, 0.25) is 5.91 Å². The Hall–Kier alpha value is -4.06. The first-order chi connectivity index (χ1) is 17.0. The van der Waals surface area contributed by atoms with Crippen LogP contribution in [0.15, 0.2) is 59.5 Å². The number of rotatable bonds is 10. The van der Waals surface area contributed by atoms with E-state index in [1.807, 2.05) is 0 Å². The van der Waals surface area contributed by atoms with Crippen molar-refractivity contribution in [2.45, 2.75) is 31.2 Å². The Morgan fingerprint density at radius 1 is 1.03 bits per heavy atom. The molecule has 0 atom stereocenters. The number of nitrogens with one attached hydrogen (secondary N) is 2. The number of amides is 1. The molecule has 3 rings (SSSR count). The van der Waals surface area contributed by atoms with Crippen LogP contribution in [-0.4, -0.2) is 26.4 Å². The van der Waals surface area contributed by atoms with Gasteiger partial charge in [-0.2, -0.15) is 0 Å². The molecule has 9 nitrogen and oxygen atoms in total. The number of nitro groups is 1. The summed E-state index contributed by atoms with van der Waals surface area (Å²) in [6.45, 7) is 1.58. The third-order valence-electron chi connectivity index (χ3n) is 5.30. The molecule has 0 unspecified atom stereocenters. The molecule has 3 aromatic rings. The number of benzene rings is 3. The van der Waals surface area contributed by atoms with Gasteiger partial charge in [-0.3, -0.25) is 19.6 Å². The van der Waals surface area contributed by atoms with E-state index in [9.17, 15) is 32.1 Å². The highest BCUT2D eigenvalue weighted by molar-refractivity contribution is 7.92. The number of methoxy groups -OCH3 is 1. The van der Waals surface area contributed by atoms with Crippen molar-refractivity contribution in [3.8, 4) is 5.75 Å². The molecular formula is C24H23F2N3O6S. The molecule has 0 aliphatic carbocycles. The molecule has 0 aromatic heterocycles. The number of non-ortho nitro benzene ring substituents is 1. The van der Waals surface area contributed by atoms with Crippen molar-refractivity contribution in [2.75, 3.05) is 11.8 Å². The molecule has 0 heterocycles. The summed E-state index contributed by atoms with van der Waals surface area (Å²) in [5.41, 5.74) is 1.45. The zero-order valence-corrected chi connectivity index (χ0v) is 20.2. The van der Waals surface area contributed by atoms with E-state index in [1.54, 1.807) is 13.0 Å². The van der Waals surface area contributed by atoms with E-state index in [0.717, 1.165) is 12.1 Å². The van der Waals surface area contributed by atoms with Crippen molar-refractivity contribution >= 4 is 27.3 Å². The average molecular weight is 520 g/mol. The van der Waals surface area contributed by atoms with Gasteiger partial charge in [-0.25, -0.2) is 17.2 Å². The third-order valence-corrected chi connectivity index (χ3v) is 6.70. The maximum absolute atomic E-state index is 13.3. The summed E-state index contributed by atoms with van der Waals surface area (Å²) in [5, 5.41) is 13.5. The lowest BCUT2D eigenvalue weighted by Crippen LogP contribution is -2.23. The van der Waals surface area contributed by atoms with Crippen LogP contribution in [0, 0.1) is 28.7 Å². The molecule has 190 valence electrons. The van der Waals surface area contributed by atoms with E-state index in [2.05, 4.69) is 10.0 Å². The Balaban J connectivity index is 1.66. The van der Waals surface area contributed by atoms with Crippen LogP contribution in [0.2, 0.25) is 0 Å². The number of aryl methyl sites for hydroxylation is 2. The van der Waals surface area contributed by atoms with Gasteiger partial charge < -0.3 is 10.1 Å². The molecule has 0 fully saturated rings. The number of anilines is 1. The molecule has 36 heavy (non-hydrogen) atoms. The number of hydrogen-bond acceptors (Lipinski definition) is 6. The van der Waals surface area contributed by atoms with Crippen LogP contribution in [0.5, 0.6) is 5.75 Å². The first-order valence-corrected chi connectivity index (χ1v) is 12.1. The van der Waals surface area contributed by atoms with Crippen molar-refractivity contribution in [1.29, 1.82) is 0 Å². The summed E-state index contributed by atoms with van der Waals surface area (Å²) >= 11 is 0. The van der Waals surface area contributed by atoms with E-state index in [-0.39, 0.29) is 47.3 Å². The molecule has 0 bridgehead atoms. The van der Waals surface area contributed by atoms with Crippen molar-refractivity contribution < 1.29 is 31.7 Å². The van der Waals surface area contributed by atoms with Crippen LogP contribution in [0.3, 0.4) is 0 Å². The van der Waals surface area contributed by atoms with Gasteiger partial charge in [-0.05, 0) is 60.4 Å².